The number of aliphatic hydroxyl groups is 4. The summed E-state index contributed by atoms with van der Waals surface area (Å²) in [6, 6.07) is 0. The first-order valence-electron chi connectivity index (χ1n) is 13.9. The van der Waals surface area contributed by atoms with Crippen molar-refractivity contribution in [3.8, 4) is 0 Å². The van der Waals surface area contributed by atoms with E-state index in [1.54, 1.807) is 0 Å². The average Bonchev–Trinajstić information content (AvgIpc) is 2.75. The Balaban J connectivity index is 1.67. The maximum Gasteiger partial charge on any atom is 0.138 e. The van der Waals surface area contributed by atoms with E-state index in [9.17, 15) is 25.2 Å². The van der Waals surface area contributed by atoms with E-state index in [2.05, 4.69) is 54.5 Å². The zero-order chi connectivity index (χ0) is 26.0. The summed E-state index contributed by atoms with van der Waals surface area (Å²) >= 11 is 0. The second kappa shape index (κ2) is 7.42. The van der Waals surface area contributed by atoms with Crippen LogP contribution >= 0.6 is 0 Å². The lowest BCUT2D eigenvalue weighted by Gasteiger charge is -2.72. The van der Waals surface area contributed by atoms with E-state index >= 15 is 0 Å². The van der Waals surface area contributed by atoms with Crippen molar-refractivity contribution in [3.63, 3.8) is 0 Å². The number of allylic oxidation sites excluding steroid dienone is 1. The van der Waals surface area contributed by atoms with Gasteiger partial charge in [-0.2, -0.15) is 0 Å². The van der Waals surface area contributed by atoms with Crippen LogP contribution in [0.25, 0.3) is 0 Å². The molecule has 0 saturated heterocycles. The van der Waals surface area contributed by atoms with Crippen molar-refractivity contribution in [1.82, 2.24) is 0 Å². The molecule has 4 fully saturated rings. The summed E-state index contributed by atoms with van der Waals surface area (Å²) in [6.45, 7) is 15.1. The molecule has 0 aliphatic heterocycles. The SMILES string of the molecule is CC1(C)C[C@H](O)[C@]2(CO)[C@H](O)[C@H](O)[C@]3(C)C(=CC[C@@H]4[C@@]5(C)CCC(=O)C(C)(C)[C@@H]5CC[C@]43C)[C@@H]2C1. The van der Waals surface area contributed by atoms with Gasteiger partial charge in [0.25, 0.3) is 0 Å². The first kappa shape index (κ1) is 25.9. The van der Waals surface area contributed by atoms with Gasteiger partial charge in [0.1, 0.15) is 5.78 Å². The molecular formula is C30H48O5. The Morgan fingerprint density at radius 3 is 2.20 bits per heavy atom. The number of rotatable bonds is 1. The lowest BCUT2D eigenvalue weighted by Crippen LogP contribution is -2.74. The summed E-state index contributed by atoms with van der Waals surface area (Å²) in [5.41, 5.74) is -1.39. The molecule has 0 spiro atoms. The largest absolute Gasteiger partial charge is 0.396 e. The first-order valence-corrected chi connectivity index (χ1v) is 13.9. The van der Waals surface area contributed by atoms with Gasteiger partial charge in [-0.25, -0.2) is 0 Å². The predicted octanol–water partition coefficient (Wildman–Crippen LogP) is 4.26. The van der Waals surface area contributed by atoms with Crippen LogP contribution in [-0.2, 0) is 4.79 Å². The molecule has 0 aromatic heterocycles. The van der Waals surface area contributed by atoms with Crippen LogP contribution in [0.2, 0.25) is 0 Å². The van der Waals surface area contributed by atoms with Gasteiger partial charge in [0.15, 0.2) is 0 Å². The fourth-order valence-electron chi connectivity index (χ4n) is 10.8. The lowest BCUT2D eigenvalue weighted by atomic mass is 9.32. The van der Waals surface area contributed by atoms with Crippen molar-refractivity contribution in [2.75, 3.05) is 6.61 Å². The maximum atomic E-state index is 12.9. The first-order chi connectivity index (χ1) is 16.0. The van der Waals surface area contributed by atoms with Crippen LogP contribution < -0.4 is 0 Å². The highest BCUT2D eigenvalue weighted by atomic mass is 16.3. The van der Waals surface area contributed by atoms with Crippen molar-refractivity contribution in [1.29, 1.82) is 0 Å². The normalized spacial score (nSPS) is 54.6. The Hall–Kier alpha value is -0.750. The zero-order valence-corrected chi connectivity index (χ0v) is 22.9. The maximum absolute atomic E-state index is 12.9. The Labute approximate surface area is 211 Å². The summed E-state index contributed by atoms with van der Waals surface area (Å²) in [7, 11) is 0. The fraction of sp³-hybridized carbons (Fsp3) is 0.900. The average molecular weight is 489 g/mol. The molecule has 0 amide bonds. The van der Waals surface area contributed by atoms with Gasteiger partial charge in [-0.15, -0.1) is 0 Å². The number of Topliss-reactive ketones (excluding diaryl/α,β-unsaturated/α-hetero) is 1. The number of fused-ring (bicyclic) bond motifs is 7. The van der Waals surface area contributed by atoms with E-state index in [1.807, 2.05) is 0 Å². The van der Waals surface area contributed by atoms with Gasteiger partial charge in [-0.1, -0.05) is 60.1 Å². The summed E-state index contributed by atoms with van der Waals surface area (Å²) in [5.74, 6) is 0.800. The Kier molecular flexibility index (Phi) is 5.49. The molecule has 4 N–H and O–H groups in total. The van der Waals surface area contributed by atoms with Crippen LogP contribution in [0.15, 0.2) is 11.6 Å². The monoisotopic (exact) mass is 488 g/mol. The summed E-state index contributed by atoms with van der Waals surface area (Å²) in [5, 5.41) is 45.7. The van der Waals surface area contributed by atoms with Crippen LogP contribution in [0.4, 0.5) is 0 Å². The van der Waals surface area contributed by atoms with Gasteiger partial charge in [0, 0.05) is 17.3 Å². The minimum absolute atomic E-state index is 0.0169. The van der Waals surface area contributed by atoms with Gasteiger partial charge in [-0.05, 0) is 72.5 Å². The molecule has 5 heteroatoms. The third-order valence-corrected chi connectivity index (χ3v) is 13.0. The van der Waals surface area contributed by atoms with Crippen molar-refractivity contribution in [3.05, 3.63) is 11.6 Å². The van der Waals surface area contributed by atoms with Crippen LogP contribution in [-0.4, -0.2) is 51.1 Å². The number of ketones is 1. The second-order valence-corrected chi connectivity index (χ2v) is 15.1. The highest BCUT2D eigenvalue weighted by molar-refractivity contribution is 5.85. The number of carbonyl (C=O) groups excluding carboxylic acids is 1. The summed E-state index contributed by atoms with van der Waals surface area (Å²) < 4.78 is 0. The summed E-state index contributed by atoms with van der Waals surface area (Å²) in [6.07, 6.45) is 4.68. The van der Waals surface area contributed by atoms with Gasteiger partial charge in [0.05, 0.1) is 30.3 Å². The molecule has 0 unspecified atom stereocenters. The number of aliphatic hydroxyl groups excluding tert-OH is 4. The topological polar surface area (TPSA) is 98.0 Å². The fourth-order valence-corrected chi connectivity index (χ4v) is 10.8. The van der Waals surface area contributed by atoms with Crippen LogP contribution in [0.1, 0.15) is 93.4 Å². The molecule has 0 bridgehead atoms. The van der Waals surface area contributed by atoms with Crippen LogP contribution in [0.5, 0.6) is 0 Å². The summed E-state index contributed by atoms with van der Waals surface area (Å²) in [4.78, 5) is 12.9. The Morgan fingerprint density at radius 2 is 1.57 bits per heavy atom. The Bertz CT molecular complexity index is 952. The predicted molar refractivity (Wildman–Crippen MR) is 135 cm³/mol. The zero-order valence-electron chi connectivity index (χ0n) is 22.9. The molecule has 198 valence electrons. The highest BCUT2D eigenvalue weighted by Crippen LogP contribution is 2.75. The number of carbonyl (C=O) groups is 1. The molecule has 0 radical (unpaired) electrons. The molecule has 5 aliphatic carbocycles. The molecule has 5 rings (SSSR count). The van der Waals surface area contributed by atoms with Crippen molar-refractivity contribution in [2.45, 2.75) is 112 Å². The van der Waals surface area contributed by atoms with Crippen LogP contribution in [0, 0.1) is 50.2 Å². The van der Waals surface area contributed by atoms with E-state index in [-0.39, 0.29) is 34.2 Å². The Morgan fingerprint density at radius 1 is 0.914 bits per heavy atom. The minimum Gasteiger partial charge on any atom is -0.396 e. The third-order valence-electron chi connectivity index (χ3n) is 13.0. The number of hydrogen-bond acceptors (Lipinski definition) is 5. The third kappa shape index (κ3) is 2.88. The van der Waals surface area contributed by atoms with E-state index in [0.717, 1.165) is 37.7 Å². The van der Waals surface area contributed by atoms with E-state index < -0.39 is 29.1 Å². The van der Waals surface area contributed by atoms with Gasteiger partial charge in [-0.3, -0.25) is 4.79 Å². The van der Waals surface area contributed by atoms with Gasteiger partial charge >= 0.3 is 0 Å². The smallest absolute Gasteiger partial charge is 0.138 e. The molecule has 0 aromatic rings. The van der Waals surface area contributed by atoms with Gasteiger partial charge < -0.3 is 20.4 Å². The molecule has 4 saturated carbocycles. The van der Waals surface area contributed by atoms with Crippen molar-refractivity contribution in [2.24, 2.45) is 50.2 Å². The highest BCUT2D eigenvalue weighted by Gasteiger charge is 2.73. The molecule has 0 heterocycles. The second-order valence-electron chi connectivity index (χ2n) is 15.1. The molecule has 0 aromatic carbocycles. The standard InChI is InChI=1S/C30H48O5/c1-25(2)14-18-17-8-9-20-27(5)12-11-21(32)26(3,4)19(27)10-13-28(20,6)29(17,7)23(34)24(35)30(18,16-31)22(33)15-25/h8,18-20,22-24,31,33-35H,9-16H2,1-7H3/t18-,19-,20+,22-,23-,24+,27-,28+,29-,30+/m0/s1. The van der Waals surface area contributed by atoms with Gasteiger partial charge in [0.2, 0.25) is 0 Å². The molecule has 10 atom stereocenters. The van der Waals surface area contributed by atoms with Crippen molar-refractivity contribution < 1.29 is 25.2 Å². The van der Waals surface area contributed by atoms with E-state index in [1.165, 1.54) is 0 Å². The molecule has 5 aliphatic rings. The lowest BCUT2D eigenvalue weighted by molar-refractivity contribution is -0.267. The molecular weight excluding hydrogens is 440 g/mol. The quantitative estimate of drug-likeness (QED) is 0.414. The van der Waals surface area contributed by atoms with Crippen LogP contribution in [0.3, 0.4) is 0 Å². The molecule has 35 heavy (non-hydrogen) atoms. The minimum atomic E-state index is -1.20. The number of hydrogen-bond donors (Lipinski definition) is 4. The van der Waals surface area contributed by atoms with E-state index in [4.69, 9.17) is 0 Å². The van der Waals surface area contributed by atoms with Crippen molar-refractivity contribution >= 4 is 5.78 Å². The van der Waals surface area contributed by atoms with E-state index in [0.29, 0.717) is 30.5 Å². The molecule has 5 nitrogen and oxygen atoms in total.